The van der Waals surface area contributed by atoms with Gasteiger partial charge in [0.1, 0.15) is 6.04 Å². The molecule has 7 nitrogen and oxygen atoms in total. The Morgan fingerprint density at radius 2 is 1.79 bits per heavy atom. The molecule has 0 fully saturated rings. The number of amides is 2. The number of nitrogens with zero attached hydrogens (tertiary/aromatic N) is 2. The molecule has 33 heavy (non-hydrogen) atoms. The summed E-state index contributed by atoms with van der Waals surface area (Å²) in [5.74, 6) is 0.493. The zero-order chi connectivity index (χ0) is 24.5. The maximum absolute atomic E-state index is 13.1. The van der Waals surface area contributed by atoms with Crippen LogP contribution in [0.3, 0.4) is 0 Å². The fourth-order valence-corrected chi connectivity index (χ4v) is 4.26. The van der Waals surface area contributed by atoms with Crippen LogP contribution in [0.2, 0.25) is 10.0 Å². The lowest BCUT2D eigenvalue weighted by molar-refractivity contribution is -0.384. The summed E-state index contributed by atoms with van der Waals surface area (Å²) in [5.41, 5.74) is 1.58. The quantitative estimate of drug-likeness (QED) is 0.325. The lowest BCUT2D eigenvalue weighted by Gasteiger charge is -2.29. The molecule has 0 radical (unpaired) electrons. The number of hydrogen-bond donors (Lipinski definition) is 1. The first-order chi connectivity index (χ1) is 15.6. The molecule has 2 aromatic rings. The van der Waals surface area contributed by atoms with E-state index in [0.717, 1.165) is 5.56 Å². The van der Waals surface area contributed by atoms with E-state index >= 15 is 0 Å². The van der Waals surface area contributed by atoms with Crippen LogP contribution in [0.5, 0.6) is 0 Å². The van der Waals surface area contributed by atoms with Gasteiger partial charge in [-0.1, -0.05) is 55.2 Å². The van der Waals surface area contributed by atoms with E-state index < -0.39 is 11.0 Å². The normalized spacial score (nSPS) is 11.8. The number of carbonyl (C=O) groups is 2. The largest absolute Gasteiger partial charge is 0.354 e. The van der Waals surface area contributed by atoms with E-state index in [1.54, 1.807) is 37.3 Å². The Morgan fingerprint density at radius 1 is 1.12 bits per heavy atom. The summed E-state index contributed by atoms with van der Waals surface area (Å²) in [6.45, 7) is 6.37. The van der Waals surface area contributed by atoms with Crippen LogP contribution < -0.4 is 5.32 Å². The summed E-state index contributed by atoms with van der Waals surface area (Å²) in [6, 6.07) is 10.6. The van der Waals surface area contributed by atoms with Gasteiger partial charge in [-0.3, -0.25) is 19.7 Å². The van der Waals surface area contributed by atoms with E-state index in [0.29, 0.717) is 27.9 Å². The van der Waals surface area contributed by atoms with Gasteiger partial charge in [0.05, 0.1) is 10.7 Å². The Labute approximate surface area is 208 Å². The summed E-state index contributed by atoms with van der Waals surface area (Å²) >= 11 is 13.7. The first-order valence-corrected chi connectivity index (χ1v) is 12.3. The molecule has 0 saturated carbocycles. The number of thioether (sulfide) groups is 1. The maximum Gasteiger partial charge on any atom is 0.269 e. The van der Waals surface area contributed by atoms with Crippen molar-refractivity contribution in [2.24, 2.45) is 5.92 Å². The van der Waals surface area contributed by atoms with Gasteiger partial charge in [-0.05, 0) is 36.1 Å². The molecular weight excluding hydrogens is 485 g/mol. The van der Waals surface area contributed by atoms with E-state index in [1.807, 2.05) is 13.8 Å². The average molecular weight is 512 g/mol. The summed E-state index contributed by atoms with van der Waals surface area (Å²) in [7, 11) is 0. The number of hydrogen-bond acceptors (Lipinski definition) is 5. The lowest BCUT2D eigenvalue weighted by atomic mass is 10.1. The molecule has 0 unspecified atom stereocenters. The van der Waals surface area contributed by atoms with Gasteiger partial charge in [0.15, 0.2) is 0 Å². The van der Waals surface area contributed by atoms with Crippen molar-refractivity contribution in [1.82, 2.24) is 10.2 Å². The minimum absolute atomic E-state index is 0.0204. The predicted octanol–water partition coefficient (Wildman–Crippen LogP) is 5.32. The van der Waals surface area contributed by atoms with Crippen molar-refractivity contribution in [3.8, 4) is 0 Å². The molecule has 0 bridgehead atoms. The van der Waals surface area contributed by atoms with Crippen LogP contribution >= 0.6 is 35.0 Å². The first kappa shape index (κ1) is 27.0. The molecule has 1 N–H and O–H groups in total. The second kappa shape index (κ2) is 12.8. The number of halogens is 2. The Morgan fingerprint density at radius 3 is 2.36 bits per heavy atom. The molecule has 0 spiro atoms. The van der Waals surface area contributed by atoms with Crippen molar-refractivity contribution in [1.29, 1.82) is 0 Å². The third kappa shape index (κ3) is 8.53. The Hall–Kier alpha value is -2.29. The number of nitrogens with one attached hydrogen (secondary N) is 1. The summed E-state index contributed by atoms with van der Waals surface area (Å²) in [4.78, 5) is 37.6. The monoisotopic (exact) mass is 511 g/mol. The Kier molecular flexibility index (Phi) is 10.5. The predicted molar refractivity (Wildman–Crippen MR) is 134 cm³/mol. The van der Waals surface area contributed by atoms with E-state index in [-0.39, 0.29) is 35.7 Å². The van der Waals surface area contributed by atoms with Crippen molar-refractivity contribution in [2.45, 2.75) is 39.1 Å². The Bertz CT molecular complexity index is 986. The molecule has 1 atom stereocenters. The summed E-state index contributed by atoms with van der Waals surface area (Å²) < 4.78 is 0. The highest BCUT2D eigenvalue weighted by Crippen LogP contribution is 2.24. The van der Waals surface area contributed by atoms with Gasteiger partial charge in [0.25, 0.3) is 5.69 Å². The number of non-ortho nitro benzene ring substituents is 1. The van der Waals surface area contributed by atoms with Crippen LogP contribution in [0.1, 0.15) is 31.9 Å². The van der Waals surface area contributed by atoms with E-state index in [1.165, 1.54) is 28.8 Å². The molecule has 178 valence electrons. The number of carbonyl (C=O) groups excluding carboxylic acids is 2. The molecule has 0 aliphatic carbocycles. The second-order valence-corrected chi connectivity index (χ2v) is 9.82. The van der Waals surface area contributed by atoms with Gasteiger partial charge < -0.3 is 10.2 Å². The van der Waals surface area contributed by atoms with Gasteiger partial charge in [-0.2, -0.15) is 0 Å². The maximum atomic E-state index is 13.1. The average Bonchev–Trinajstić information content (AvgIpc) is 2.76. The van der Waals surface area contributed by atoms with Crippen LogP contribution in [-0.2, 0) is 21.9 Å². The van der Waals surface area contributed by atoms with Crippen LogP contribution in [0.25, 0.3) is 0 Å². The smallest absolute Gasteiger partial charge is 0.269 e. The number of nitro groups is 1. The van der Waals surface area contributed by atoms with E-state index in [2.05, 4.69) is 5.32 Å². The topological polar surface area (TPSA) is 92.6 Å². The van der Waals surface area contributed by atoms with Gasteiger partial charge in [0, 0.05) is 41.0 Å². The van der Waals surface area contributed by atoms with Crippen LogP contribution in [0.4, 0.5) is 5.69 Å². The molecule has 0 aliphatic rings. The Balaban J connectivity index is 2.09. The standard InChI is InChI=1S/C23H27Cl2N3O4S/c1-15(2)11-26-23(30)16(3)27(12-18-6-7-19(24)10-21(18)25)22(29)14-33-13-17-4-8-20(9-5-17)28(31)32/h4-10,15-16H,11-14H2,1-3H3,(H,26,30)/t16-/m0/s1. The van der Waals surface area contributed by atoms with Crippen molar-refractivity contribution >= 4 is 52.5 Å². The number of rotatable bonds is 11. The lowest BCUT2D eigenvalue weighted by Crippen LogP contribution is -2.48. The molecule has 10 heteroatoms. The summed E-state index contributed by atoms with van der Waals surface area (Å²) in [5, 5.41) is 14.6. The van der Waals surface area contributed by atoms with E-state index in [9.17, 15) is 19.7 Å². The van der Waals surface area contributed by atoms with Crippen molar-refractivity contribution in [3.05, 3.63) is 73.8 Å². The molecule has 2 amide bonds. The van der Waals surface area contributed by atoms with Crippen LogP contribution in [-0.4, -0.2) is 40.0 Å². The molecule has 2 rings (SSSR count). The van der Waals surface area contributed by atoms with Gasteiger partial charge in [-0.25, -0.2) is 0 Å². The minimum Gasteiger partial charge on any atom is -0.354 e. The minimum atomic E-state index is -0.692. The fourth-order valence-electron chi connectivity index (χ4n) is 2.92. The third-order valence-corrected chi connectivity index (χ3v) is 6.42. The highest BCUT2D eigenvalue weighted by molar-refractivity contribution is 7.99. The molecule has 0 heterocycles. The van der Waals surface area contributed by atoms with Crippen molar-refractivity contribution in [2.75, 3.05) is 12.3 Å². The fraction of sp³-hybridized carbons (Fsp3) is 0.391. The number of benzene rings is 2. The second-order valence-electron chi connectivity index (χ2n) is 7.99. The molecular formula is C23H27Cl2N3O4S. The molecule has 0 saturated heterocycles. The van der Waals surface area contributed by atoms with Gasteiger partial charge in [0.2, 0.25) is 11.8 Å². The molecule has 2 aromatic carbocycles. The molecule has 0 aromatic heterocycles. The van der Waals surface area contributed by atoms with Crippen molar-refractivity contribution in [3.63, 3.8) is 0 Å². The summed E-state index contributed by atoms with van der Waals surface area (Å²) in [6.07, 6.45) is 0. The zero-order valence-corrected chi connectivity index (χ0v) is 21.0. The van der Waals surface area contributed by atoms with E-state index in [4.69, 9.17) is 23.2 Å². The van der Waals surface area contributed by atoms with Gasteiger partial charge >= 0.3 is 0 Å². The highest BCUT2D eigenvalue weighted by atomic mass is 35.5. The number of nitro benzene ring substituents is 1. The van der Waals surface area contributed by atoms with Gasteiger partial charge in [-0.15, -0.1) is 11.8 Å². The third-order valence-electron chi connectivity index (χ3n) is 4.85. The molecule has 0 aliphatic heterocycles. The zero-order valence-electron chi connectivity index (χ0n) is 18.7. The van der Waals surface area contributed by atoms with Crippen LogP contribution in [0.15, 0.2) is 42.5 Å². The van der Waals surface area contributed by atoms with Crippen LogP contribution in [0, 0.1) is 16.0 Å². The SMILES string of the molecule is CC(C)CNC(=O)[C@H](C)N(Cc1ccc(Cl)cc1Cl)C(=O)CSCc1ccc([N+](=O)[O-])cc1. The highest BCUT2D eigenvalue weighted by Gasteiger charge is 2.26. The van der Waals surface area contributed by atoms with Crippen molar-refractivity contribution < 1.29 is 14.5 Å². The first-order valence-electron chi connectivity index (χ1n) is 10.4.